The van der Waals surface area contributed by atoms with Gasteiger partial charge in [-0.05, 0) is 31.9 Å². The summed E-state index contributed by atoms with van der Waals surface area (Å²) < 4.78 is 0. The van der Waals surface area contributed by atoms with E-state index in [0.717, 1.165) is 23.5 Å². The highest BCUT2D eigenvalue weighted by Crippen LogP contribution is 2.30. The third kappa shape index (κ3) is 2.62. The van der Waals surface area contributed by atoms with Crippen LogP contribution in [0.4, 0.5) is 0 Å². The minimum absolute atomic E-state index is 0.203. The Balaban J connectivity index is 1.64. The first kappa shape index (κ1) is 11.9. The number of aromatic nitrogens is 1. The lowest BCUT2D eigenvalue weighted by atomic mass is 10.3. The number of carbonyl (C=O) groups is 1. The van der Waals surface area contributed by atoms with Crippen molar-refractivity contribution in [3.8, 4) is 10.6 Å². The molecule has 0 bridgehead atoms. The van der Waals surface area contributed by atoms with Crippen LogP contribution in [0.2, 0.25) is 0 Å². The van der Waals surface area contributed by atoms with Gasteiger partial charge >= 0.3 is 0 Å². The number of nitrogens with zero attached hydrogens (tertiary/aromatic N) is 1. The molecule has 0 atom stereocenters. The second-order valence-corrected chi connectivity index (χ2v) is 6.74. The lowest BCUT2D eigenvalue weighted by Gasteiger charge is -2.00. The Bertz CT molecular complexity index is 569. The van der Waals surface area contributed by atoms with Crippen molar-refractivity contribution in [1.82, 2.24) is 10.3 Å². The van der Waals surface area contributed by atoms with E-state index in [-0.39, 0.29) is 11.8 Å². The van der Waals surface area contributed by atoms with Gasteiger partial charge in [0, 0.05) is 16.2 Å². The first-order chi connectivity index (χ1) is 8.72. The zero-order valence-corrected chi connectivity index (χ0v) is 11.7. The van der Waals surface area contributed by atoms with E-state index < -0.39 is 0 Å². The first-order valence-electron chi connectivity index (χ1n) is 6.01. The molecule has 1 saturated carbocycles. The average molecular weight is 278 g/mol. The predicted molar refractivity (Wildman–Crippen MR) is 74.7 cm³/mol. The van der Waals surface area contributed by atoms with Gasteiger partial charge in [0.1, 0.15) is 0 Å². The number of amides is 1. The number of thiazole rings is 1. The highest BCUT2D eigenvalue weighted by molar-refractivity contribution is 7.16. The summed E-state index contributed by atoms with van der Waals surface area (Å²) in [6.45, 7) is 2.65. The fourth-order valence-electron chi connectivity index (χ4n) is 1.75. The van der Waals surface area contributed by atoms with Crippen molar-refractivity contribution in [1.29, 1.82) is 0 Å². The van der Waals surface area contributed by atoms with Gasteiger partial charge in [0.2, 0.25) is 5.91 Å². The number of rotatable bonds is 4. The van der Waals surface area contributed by atoms with Gasteiger partial charge in [0.05, 0.1) is 22.1 Å². The van der Waals surface area contributed by atoms with Crippen molar-refractivity contribution in [2.45, 2.75) is 26.3 Å². The van der Waals surface area contributed by atoms with Gasteiger partial charge in [-0.3, -0.25) is 4.79 Å². The van der Waals surface area contributed by atoms with Crippen molar-refractivity contribution < 1.29 is 4.79 Å². The van der Waals surface area contributed by atoms with Gasteiger partial charge in [-0.2, -0.15) is 0 Å². The summed E-state index contributed by atoms with van der Waals surface area (Å²) in [7, 11) is 0. The van der Waals surface area contributed by atoms with Gasteiger partial charge in [0.25, 0.3) is 0 Å². The molecular formula is C13H14N2OS2. The second kappa shape index (κ2) is 4.82. The number of hydrogen-bond acceptors (Lipinski definition) is 4. The van der Waals surface area contributed by atoms with Crippen LogP contribution in [0.5, 0.6) is 0 Å². The molecule has 2 aromatic heterocycles. The Morgan fingerprint density at radius 2 is 2.33 bits per heavy atom. The Morgan fingerprint density at radius 1 is 1.50 bits per heavy atom. The van der Waals surface area contributed by atoms with E-state index in [9.17, 15) is 4.79 Å². The molecule has 0 spiro atoms. The summed E-state index contributed by atoms with van der Waals surface area (Å²) in [4.78, 5) is 18.4. The number of hydrogen-bond donors (Lipinski definition) is 1. The molecule has 0 aromatic carbocycles. The quantitative estimate of drug-likeness (QED) is 0.933. The van der Waals surface area contributed by atoms with E-state index in [4.69, 9.17) is 0 Å². The van der Waals surface area contributed by atoms with E-state index in [2.05, 4.69) is 27.8 Å². The minimum atomic E-state index is 0.203. The Hall–Kier alpha value is -1.20. The summed E-state index contributed by atoms with van der Waals surface area (Å²) in [5.74, 6) is 0.486. The van der Waals surface area contributed by atoms with E-state index in [1.807, 2.05) is 6.92 Å². The van der Waals surface area contributed by atoms with Crippen molar-refractivity contribution >= 4 is 28.6 Å². The number of nitrogens with one attached hydrogen (secondary N) is 1. The van der Waals surface area contributed by atoms with Gasteiger partial charge in [-0.15, -0.1) is 22.7 Å². The Morgan fingerprint density at radius 3 is 3.00 bits per heavy atom. The van der Waals surface area contributed by atoms with Crippen LogP contribution >= 0.6 is 22.7 Å². The molecule has 3 nitrogen and oxygen atoms in total. The van der Waals surface area contributed by atoms with Crippen molar-refractivity contribution in [3.05, 3.63) is 27.4 Å². The zero-order valence-electron chi connectivity index (χ0n) is 10.1. The Kier molecular flexibility index (Phi) is 3.18. The summed E-state index contributed by atoms with van der Waals surface area (Å²) in [6, 6.07) is 4.15. The van der Waals surface area contributed by atoms with Gasteiger partial charge in [-0.1, -0.05) is 0 Å². The maximum atomic E-state index is 11.5. The topological polar surface area (TPSA) is 42.0 Å². The van der Waals surface area contributed by atoms with Gasteiger partial charge < -0.3 is 5.32 Å². The molecule has 0 radical (unpaired) electrons. The normalized spacial score (nSPS) is 14.7. The molecule has 3 rings (SSSR count). The number of aryl methyl sites for hydroxylation is 1. The van der Waals surface area contributed by atoms with Crippen LogP contribution in [-0.4, -0.2) is 10.9 Å². The molecule has 0 unspecified atom stereocenters. The molecule has 1 aliphatic carbocycles. The van der Waals surface area contributed by atoms with Gasteiger partial charge in [-0.25, -0.2) is 4.98 Å². The summed E-state index contributed by atoms with van der Waals surface area (Å²) in [5, 5.41) is 6.15. The van der Waals surface area contributed by atoms with Crippen molar-refractivity contribution in [2.75, 3.05) is 0 Å². The first-order valence-corrected chi connectivity index (χ1v) is 7.71. The predicted octanol–water partition coefficient (Wildman–Crippen LogP) is 3.21. The van der Waals surface area contributed by atoms with Crippen LogP contribution < -0.4 is 5.32 Å². The fourth-order valence-corrected chi connectivity index (χ4v) is 3.35. The van der Waals surface area contributed by atoms with E-state index in [1.54, 1.807) is 22.7 Å². The standard InChI is InChI=1S/C13H14N2OS2/c1-8-15-11(7-17-8)12-5-4-10(18-12)6-14-13(16)9-2-3-9/h4-5,7,9H,2-3,6H2,1H3,(H,14,16). The molecule has 1 amide bonds. The highest BCUT2D eigenvalue weighted by Gasteiger charge is 2.29. The number of thiophene rings is 1. The molecule has 1 aliphatic rings. The average Bonchev–Trinajstić information content (AvgIpc) is 2.95. The van der Waals surface area contributed by atoms with Crippen molar-refractivity contribution in [2.24, 2.45) is 5.92 Å². The third-order valence-corrected chi connectivity index (χ3v) is 4.80. The van der Waals surface area contributed by atoms with E-state index in [0.29, 0.717) is 6.54 Å². The third-order valence-electron chi connectivity index (χ3n) is 2.92. The van der Waals surface area contributed by atoms with E-state index in [1.165, 1.54) is 9.75 Å². The second-order valence-electron chi connectivity index (χ2n) is 4.51. The van der Waals surface area contributed by atoms with Crippen molar-refractivity contribution in [3.63, 3.8) is 0 Å². The van der Waals surface area contributed by atoms with Crippen LogP contribution in [0.3, 0.4) is 0 Å². The summed E-state index contributed by atoms with van der Waals surface area (Å²) in [6.07, 6.45) is 2.11. The smallest absolute Gasteiger partial charge is 0.223 e. The largest absolute Gasteiger partial charge is 0.351 e. The molecule has 0 aliphatic heterocycles. The van der Waals surface area contributed by atoms with Crippen LogP contribution in [0.15, 0.2) is 17.5 Å². The van der Waals surface area contributed by atoms with Gasteiger partial charge in [0.15, 0.2) is 0 Å². The maximum Gasteiger partial charge on any atom is 0.223 e. The molecule has 1 N–H and O–H groups in total. The van der Waals surface area contributed by atoms with Crippen LogP contribution in [0.25, 0.3) is 10.6 Å². The molecule has 0 saturated heterocycles. The maximum absolute atomic E-state index is 11.5. The molecule has 18 heavy (non-hydrogen) atoms. The summed E-state index contributed by atoms with van der Waals surface area (Å²) in [5.41, 5.74) is 1.04. The Labute approximate surface area is 114 Å². The molecule has 94 valence electrons. The molecule has 2 heterocycles. The SMILES string of the molecule is Cc1nc(-c2ccc(CNC(=O)C3CC3)s2)cs1. The van der Waals surface area contributed by atoms with E-state index >= 15 is 0 Å². The van der Waals surface area contributed by atoms with Crippen LogP contribution in [-0.2, 0) is 11.3 Å². The van der Waals surface area contributed by atoms with Crippen LogP contribution in [0, 0.1) is 12.8 Å². The number of carbonyl (C=O) groups excluding carboxylic acids is 1. The van der Waals surface area contributed by atoms with Crippen LogP contribution in [0.1, 0.15) is 22.7 Å². The summed E-state index contributed by atoms with van der Waals surface area (Å²) >= 11 is 3.37. The monoisotopic (exact) mass is 278 g/mol. The lowest BCUT2D eigenvalue weighted by Crippen LogP contribution is -2.23. The molecule has 2 aromatic rings. The fraction of sp³-hybridized carbons (Fsp3) is 0.385. The molecule has 5 heteroatoms. The lowest BCUT2D eigenvalue weighted by molar-refractivity contribution is -0.122. The minimum Gasteiger partial charge on any atom is -0.351 e. The molecule has 1 fully saturated rings. The zero-order chi connectivity index (χ0) is 12.5. The highest BCUT2D eigenvalue weighted by atomic mass is 32.1. The molecular weight excluding hydrogens is 264 g/mol.